The molecule has 1 amide bonds. The van der Waals surface area contributed by atoms with E-state index < -0.39 is 0 Å². The summed E-state index contributed by atoms with van der Waals surface area (Å²) in [6.07, 6.45) is 3.26. The number of fused-ring (bicyclic) bond motifs is 1. The number of pyridine rings is 1. The minimum absolute atomic E-state index is 0.0856. The van der Waals surface area contributed by atoms with E-state index in [0.29, 0.717) is 26.5 Å². The molecular weight excluding hydrogens is 377 g/mol. The number of hydrogen-bond donors (Lipinski definition) is 1. The van der Waals surface area contributed by atoms with Gasteiger partial charge in [-0.25, -0.2) is 9.37 Å². The SMILES string of the molecule is O=C(CSc1nnc(-c2ccncc2)o1)Nc1nc2ccc(F)cc2s1. The maximum Gasteiger partial charge on any atom is 0.277 e. The zero-order valence-electron chi connectivity index (χ0n) is 13.0. The molecule has 0 spiro atoms. The summed E-state index contributed by atoms with van der Waals surface area (Å²) in [6, 6.07) is 7.80. The Morgan fingerprint density at radius 3 is 2.92 bits per heavy atom. The second-order valence-electron chi connectivity index (χ2n) is 5.08. The summed E-state index contributed by atoms with van der Waals surface area (Å²) >= 11 is 2.33. The molecule has 0 radical (unpaired) electrons. The highest BCUT2D eigenvalue weighted by Gasteiger charge is 2.13. The fraction of sp³-hybridized carbons (Fsp3) is 0.0625. The fourth-order valence-electron chi connectivity index (χ4n) is 2.11. The average molecular weight is 387 g/mol. The number of aromatic nitrogens is 4. The topological polar surface area (TPSA) is 93.8 Å². The number of anilines is 1. The monoisotopic (exact) mass is 387 g/mol. The standard InChI is InChI=1S/C16H10FN5O2S2/c17-10-1-2-11-12(7-10)26-15(19-11)20-13(23)8-25-16-22-21-14(24-16)9-3-5-18-6-4-9/h1-7H,8H2,(H,19,20,23). The molecule has 0 fully saturated rings. The van der Waals surface area contributed by atoms with Crippen LogP contribution < -0.4 is 5.32 Å². The maximum atomic E-state index is 13.2. The molecule has 3 aromatic heterocycles. The molecule has 0 aliphatic carbocycles. The van der Waals surface area contributed by atoms with Crippen molar-refractivity contribution in [3.8, 4) is 11.5 Å². The van der Waals surface area contributed by atoms with Crippen molar-refractivity contribution in [1.82, 2.24) is 20.2 Å². The molecule has 4 rings (SSSR count). The van der Waals surface area contributed by atoms with Crippen molar-refractivity contribution in [3.05, 3.63) is 48.5 Å². The van der Waals surface area contributed by atoms with E-state index in [1.807, 2.05) is 0 Å². The molecule has 3 heterocycles. The molecule has 10 heteroatoms. The van der Waals surface area contributed by atoms with Crippen molar-refractivity contribution in [2.45, 2.75) is 5.22 Å². The molecular formula is C16H10FN5O2S2. The third-order valence-electron chi connectivity index (χ3n) is 3.26. The quantitative estimate of drug-likeness (QED) is 0.523. The van der Waals surface area contributed by atoms with Gasteiger partial charge < -0.3 is 9.73 Å². The minimum Gasteiger partial charge on any atom is -0.411 e. The van der Waals surface area contributed by atoms with Crippen molar-refractivity contribution in [2.24, 2.45) is 0 Å². The highest BCUT2D eigenvalue weighted by Crippen LogP contribution is 2.27. The Labute approximate surface area is 154 Å². The van der Waals surface area contributed by atoms with E-state index in [1.54, 1.807) is 30.6 Å². The van der Waals surface area contributed by atoms with Crippen molar-refractivity contribution in [1.29, 1.82) is 0 Å². The summed E-state index contributed by atoms with van der Waals surface area (Å²) in [5.74, 6) is -0.153. The van der Waals surface area contributed by atoms with Crippen LogP contribution >= 0.6 is 23.1 Å². The molecule has 26 heavy (non-hydrogen) atoms. The number of benzene rings is 1. The van der Waals surface area contributed by atoms with E-state index in [1.165, 1.54) is 23.5 Å². The first-order valence-corrected chi connectivity index (χ1v) is 9.20. The van der Waals surface area contributed by atoms with Crippen LogP contribution in [0.3, 0.4) is 0 Å². The first-order valence-electron chi connectivity index (χ1n) is 7.40. The Bertz CT molecular complexity index is 1070. The summed E-state index contributed by atoms with van der Waals surface area (Å²) in [5.41, 5.74) is 1.39. The van der Waals surface area contributed by atoms with E-state index in [-0.39, 0.29) is 17.5 Å². The Morgan fingerprint density at radius 2 is 2.08 bits per heavy atom. The summed E-state index contributed by atoms with van der Waals surface area (Å²) < 4.78 is 19.4. The molecule has 0 saturated carbocycles. The predicted octanol–water partition coefficient (Wildman–Crippen LogP) is 3.61. The van der Waals surface area contributed by atoms with Crippen LogP contribution in [-0.4, -0.2) is 31.8 Å². The van der Waals surface area contributed by atoms with Crippen LogP contribution in [0.5, 0.6) is 0 Å². The number of nitrogens with zero attached hydrogens (tertiary/aromatic N) is 4. The van der Waals surface area contributed by atoms with Crippen LogP contribution in [0.15, 0.2) is 52.4 Å². The lowest BCUT2D eigenvalue weighted by Crippen LogP contribution is -2.13. The van der Waals surface area contributed by atoms with Crippen LogP contribution in [0.2, 0.25) is 0 Å². The lowest BCUT2D eigenvalue weighted by atomic mass is 10.3. The molecule has 1 aromatic carbocycles. The molecule has 7 nitrogen and oxygen atoms in total. The van der Waals surface area contributed by atoms with Crippen LogP contribution in [-0.2, 0) is 4.79 Å². The minimum atomic E-state index is -0.337. The van der Waals surface area contributed by atoms with Crippen LogP contribution in [0.1, 0.15) is 0 Å². The lowest BCUT2D eigenvalue weighted by Gasteiger charge is -1.98. The zero-order chi connectivity index (χ0) is 17.9. The summed E-state index contributed by atoms with van der Waals surface area (Å²) in [5, 5.41) is 11.2. The first-order chi connectivity index (χ1) is 12.7. The number of amides is 1. The van der Waals surface area contributed by atoms with Crippen molar-refractivity contribution in [3.63, 3.8) is 0 Å². The molecule has 4 aromatic rings. The molecule has 0 saturated heterocycles. The Kier molecular flexibility index (Phi) is 4.59. The van der Waals surface area contributed by atoms with Crippen LogP contribution in [0.4, 0.5) is 9.52 Å². The first kappa shape index (κ1) is 16.6. The molecule has 130 valence electrons. The highest BCUT2D eigenvalue weighted by molar-refractivity contribution is 7.99. The van der Waals surface area contributed by atoms with Crippen LogP contribution in [0, 0.1) is 5.82 Å². The number of hydrogen-bond acceptors (Lipinski definition) is 8. The number of rotatable bonds is 5. The second kappa shape index (κ2) is 7.18. The van der Waals surface area contributed by atoms with Gasteiger partial charge in [0, 0.05) is 18.0 Å². The van der Waals surface area contributed by atoms with Crippen LogP contribution in [0.25, 0.3) is 21.7 Å². The van der Waals surface area contributed by atoms with Gasteiger partial charge in [-0.05, 0) is 30.3 Å². The third kappa shape index (κ3) is 3.70. The largest absolute Gasteiger partial charge is 0.411 e. The normalized spacial score (nSPS) is 11.0. The Balaban J connectivity index is 1.37. The average Bonchev–Trinajstić information content (AvgIpc) is 3.27. The third-order valence-corrected chi connectivity index (χ3v) is 5.01. The van der Waals surface area contributed by atoms with Gasteiger partial charge in [-0.1, -0.05) is 23.1 Å². The van der Waals surface area contributed by atoms with Crippen molar-refractivity contribution < 1.29 is 13.6 Å². The summed E-state index contributed by atoms with van der Waals surface area (Å²) in [6.45, 7) is 0. The van der Waals surface area contributed by atoms with Gasteiger partial charge in [-0.15, -0.1) is 10.2 Å². The van der Waals surface area contributed by atoms with Gasteiger partial charge in [0.15, 0.2) is 5.13 Å². The Hall–Kier alpha value is -2.85. The number of halogens is 1. The van der Waals surface area contributed by atoms with E-state index in [0.717, 1.165) is 17.3 Å². The van der Waals surface area contributed by atoms with Gasteiger partial charge in [-0.3, -0.25) is 9.78 Å². The highest BCUT2D eigenvalue weighted by atomic mass is 32.2. The smallest absolute Gasteiger partial charge is 0.277 e. The van der Waals surface area contributed by atoms with Gasteiger partial charge in [-0.2, -0.15) is 0 Å². The predicted molar refractivity (Wildman–Crippen MR) is 96.5 cm³/mol. The number of thiazole rings is 1. The van der Waals surface area contributed by atoms with Crippen molar-refractivity contribution in [2.75, 3.05) is 11.1 Å². The van der Waals surface area contributed by atoms with Gasteiger partial charge in [0.1, 0.15) is 5.82 Å². The van der Waals surface area contributed by atoms with Crippen molar-refractivity contribution >= 4 is 44.4 Å². The lowest BCUT2D eigenvalue weighted by molar-refractivity contribution is -0.113. The number of carbonyl (C=O) groups excluding carboxylic acids is 1. The molecule has 0 bridgehead atoms. The molecule has 0 unspecified atom stereocenters. The molecule has 0 aliphatic rings. The van der Waals surface area contributed by atoms with E-state index in [2.05, 4.69) is 25.5 Å². The van der Waals surface area contributed by atoms with Gasteiger partial charge in [0.25, 0.3) is 5.22 Å². The van der Waals surface area contributed by atoms with Gasteiger partial charge >= 0.3 is 0 Å². The van der Waals surface area contributed by atoms with E-state index in [9.17, 15) is 9.18 Å². The van der Waals surface area contributed by atoms with Gasteiger partial charge in [0.2, 0.25) is 11.8 Å². The van der Waals surface area contributed by atoms with Gasteiger partial charge in [0.05, 0.1) is 16.0 Å². The number of thioether (sulfide) groups is 1. The molecule has 1 N–H and O–H groups in total. The zero-order valence-corrected chi connectivity index (χ0v) is 14.7. The number of carbonyl (C=O) groups is 1. The Morgan fingerprint density at radius 1 is 1.23 bits per heavy atom. The van der Waals surface area contributed by atoms with E-state index in [4.69, 9.17) is 4.42 Å². The fourth-order valence-corrected chi connectivity index (χ4v) is 3.58. The summed E-state index contributed by atoms with van der Waals surface area (Å²) in [7, 11) is 0. The second-order valence-corrected chi connectivity index (χ2v) is 7.03. The molecule has 0 atom stereocenters. The van der Waals surface area contributed by atoms with E-state index >= 15 is 0 Å². The number of nitrogens with one attached hydrogen (secondary N) is 1. The molecule has 0 aliphatic heterocycles. The summed E-state index contributed by atoms with van der Waals surface area (Å²) in [4.78, 5) is 20.2. The maximum absolute atomic E-state index is 13.2.